The summed E-state index contributed by atoms with van der Waals surface area (Å²) in [5.41, 5.74) is -0.620. The average molecular weight is 285 g/mol. The number of methoxy groups -OCH3 is 1. The molecule has 0 spiro atoms. The quantitative estimate of drug-likeness (QED) is 0.510. The maximum atomic E-state index is 11.0. The first kappa shape index (κ1) is 15.8. The van der Waals surface area contributed by atoms with Gasteiger partial charge in [0, 0.05) is 26.3 Å². The fourth-order valence-corrected chi connectivity index (χ4v) is 1.58. The average Bonchev–Trinajstić information content (AvgIpc) is 2.42. The third-order valence-corrected chi connectivity index (χ3v) is 2.51. The number of hydrogen-bond donors (Lipinski definition) is 2. The lowest BCUT2D eigenvalue weighted by Crippen LogP contribution is -2.32. The number of pyridine rings is 1. The van der Waals surface area contributed by atoms with Crippen molar-refractivity contribution < 1.29 is 24.7 Å². The van der Waals surface area contributed by atoms with Crippen molar-refractivity contribution in [3.63, 3.8) is 0 Å². The molecule has 0 radical (unpaired) electrons. The van der Waals surface area contributed by atoms with E-state index in [0.29, 0.717) is 0 Å². The van der Waals surface area contributed by atoms with E-state index in [1.165, 1.54) is 12.0 Å². The van der Waals surface area contributed by atoms with Crippen LogP contribution >= 0.6 is 0 Å². The number of aliphatic hydroxyl groups excluding tert-OH is 1. The first-order valence-corrected chi connectivity index (χ1v) is 5.74. The zero-order valence-electron chi connectivity index (χ0n) is 10.9. The van der Waals surface area contributed by atoms with Crippen LogP contribution in [0.2, 0.25) is 0 Å². The highest BCUT2D eigenvalue weighted by Gasteiger charge is 2.23. The topological polar surface area (TPSA) is 126 Å². The molecule has 9 nitrogen and oxygen atoms in total. The summed E-state index contributed by atoms with van der Waals surface area (Å²) in [6, 6.07) is 2.15. The van der Waals surface area contributed by atoms with Crippen LogP contribution in [-0.2, 0) is 4.74 Å². The normalized spacial score (nSPS) is 10.3. The highest BCUT2D eigenvalue weighted by Crippen LogP contribution is 2.26. The second kappa shape index (κ2) is 7.36. The second-order valence-corrected chi connectivity index (χ2v) is 3.80. The van der Waals surface area contributed by atoms with Crippen LogP contribution < -0.4 is 4.90 Å². The molecule has 20 heavy (non-hydrogen) atoms. The molecule has 0 saturated heterocycles. The van der Waals surface area contributed by atoms with Gasteiger partial charge in [-0.25, -0.2) is 9.78 Å². The van der Waals surface area contributed by atoms with Crippen LogP contribution in [0.4, 0.5) is 11.5 Å². The maximum absolute atomic E-state index is 11.0. The number of rotatable bonds is 8. The molecule has 1 heterocycles. The molecule has 0 saturated carbocycles. The molecule has 1 aromatic heterocycles. The molecule has 1 rings (SSSR count). The van der Waals surface area contributed by atoms with E-state index in [1.54, 1.807) is 0 Å². The van der Waals surface area contributed by atoms with Gasteiger partial charge in [0.15, 0.2) is 5.69 Å². The number of carboxylic acid groups (broad SMARTS) is 1. The van der Waals surface area contributed by atoms with E-state index >= 15 is 0 Å². The number of carbonyl (C=O) groups is 1. The Morgan fingerprint density at radius 3 is 2.70 bits per heavy atom. The highest BCUT2D eigenvalue weighted by molar-refractivity contribution is 5.86. The number of ether oxygens (including phenoxy) is 1. The molecule has 0 aromatic carbocycles. The third kappa shape index (κ3) is 3.87. The van der Waals surface area contributed by atoms with Crippen LogP contribution in [0.1, 0.15) is 10.5 Å². The molecular formula is C11H15N3O6. The van der Waals surface area contributed by atoms with Gasteiger partial charge in [0.2, 0.25) is 5.82 Å². The van der Waals surface area contributed by atoms with E-state index in [4.69, 9.17) is 14.9 Å². The largest absolute Gasteiger partial charge is 0.477 e. The standard InChI is InChI=1S/C11H15N3O6/c1-20-7-5-13(4-6-15)10-9(14(18)19)3-2-8(12-10)11(16)17/h2-3,15H,4-7H2,1H3,(H,16,17). The molecule has 0 aliphatic rings. The van der Waals surface area contributed by atoms with Crippen molar-refractivity contribution in [1.82, 2.24) is 4.98 Å². The van der Waals surface area contributed by atoms with E-state index in [2.05, 4.69) is 4.98 Å². The van der Waals surface area contributed by atoms with Crippen molar-refractivity contribution in [2.75, 3.05) is 38.3 Å². The van der Waals surface area contributed by atoms with Gasteiger partial charge in [0.25, 0.3) is 0 Å². The predicted molar refractivity (Wildman–Crippen MR) is 69.0 cm³/mol. The Morgan fingerprint density at radius 2 is 2.20 bits per heavy atom. The summed E-state index contributed by atoms with van der Waals surface area (Å²) in [4.78, 5) is 26.4. The maximum Gasteiger partial charge on any atom is 0.354 e. The lowest BCUT2D eigenvalue weighted by Gasteiger charge is -2.22. The summed E-state index contributed by atoms with van der Waals surface area (Å²) in [5.74, 6) is -1.38. The fraction of sp³-hybridized carbons (Fsp3) is 0.455. The first-order chi connectivity index (χ1) is 9.51. The first-order valence-electron chi connectivity index (χ1n) is 5.74. The summed E-state index contributed by atoms with van der Waals surface area (Å²) >= 11 is 0. The zero-order chi connectivity index (χ0) is 15.1. The zero-order valence-corrected chi connectivity index (χ0v) is 10.9. The lowest BCUT2D eigenvalue weighted by molar-refractivity contribution is -0.384. The molecule has 2 N–H and O–H groups in total. The van der Waals surface area contributed by atoms with Gasteiger partial charge in [0.05, 0.1) is 18.1 Å². The number of hydrogen-bond acceptors (Lipinski definition) is 7. The minimum absolute atomic E-state index is 0.0836. The van der Waals surface area contributed by atoms with E-state index in [-0.39, 0.29) is 43.5 Å². The van der Waals surface area contributed by atoms with Gasteiger partial charge in [-0.1, -0.05) is 0 Å². The Hall–Kier alpha value is -2.26. The van der Waals surface area contributed by atoms with E-state index in [9.17, 15) is 14.9 Å². The van der Waals surface area contributed by atoms with E-state index in [1.807, 2.05) is 0 Å². The van der Waals surface area contributed by atoms with Crippen LogP contribution in [0.15, 0.2) is 12.1 Å². The van der Waals surface area contributed by atoms with Crippen molar-refractivity contribution in [3.8, 4) is 0 Å². The van der Waals surface area contributed by atoms with Crippen molar-refractivity contribution in [3.05, 3.63) is 27.9 Å². The fourth-order valence-electron chi connectivity index (χ4n) is 1.58. The Kier molecular flexibility index (Phi) is 5.81. The summed E-state index contributed by atoms with van der Waals surface area (Å²) in [6.45, 7) is 0.338. The summed E-state index contributed by atoms with van der Waals surface area (Å²) in [7, 11) is 1.46. The number of nitro groups is 1. The number of carboxylic acids is 1. The third-order valence-electron chi connectivity index (χ3n) is 2.51. The van der Waals surface area contributed by atoms with Gasteiger partial charge in [-0.15, -0.1) is 0 Å². The van der Waals surface area contributed by atoms with Crippen LogP contribution in [0, 0.1) is 10.1 Å². The monoisotopic (exact) mass is 285 g/mol. The van der Waals surface area contributed by atoms with Gasteiger partial charge < -0.3 is 19.8 Å². The number of aromatic nitrogens is 1. The van der Waals surface area contributed by atoms with Crippen LogP contribution in [0.5, 0.6) is 0 Å². The number of anilines is 1. The molecule has 0 bridgehead atoms. The number of aromatic carboxylic acids is 1. The molecule has 0 aliphatic carbocycles. The molecule has 0 amide bonds. The minimum atomic E-state index is -1.28. The van der Waals surface area contributed by atoms with Crippen LogP contribution in [0.3, 0.4) is 0 Å². The van der Waals surface area contributed by atoms with E-state index < -0.39 is 10.9 Å². The summed E-state index contributed by atoms with van der Waals surface area (Å²) in [6.07, 6.45) is 0. The van der Waals surface area contributed by atoms with Crippen LogP contribution in [0.25, 0.3) is 0 Å². The molecular weight excluding hydrogens is 270 g/mol. The second-order valence-electron chi connectivity index (χ2n) is 3.80. The van der Waals surface area contributed by atoms with E-state index in [0.717, 1.165) is 12.1 Å². The Balaban J connectivity index is 3.22. The number of aliphatic hydroxyl groups is 1. The Bertz CT molecular complexity index is 493. The van der Waals surface area contributed by atoms with Gasteiger partial charge in [-0.3, -0.25) is 10.1 Å². The van der Waals surface area contributed by atoms with Crippen molar-refractivity contribution in [1.29, 1.82) is 0 Å². The Labute approximate surface area is 114 Å². The highest BCUT2D eigenvalue weighted by atomic mass is 16.6. The van der Waals surface area contributed by atoms with Gasteiger partial charge >= 0.3 is 11.7 Å². The SMILES string of the molecule is COCCN(CCO)c1nc(C(=O)O)ccc1[N+](=O)[O-]. The van der Waals surface area contributed by atoms with Crippen LogP contribution in [-0.4, -0.2) is 59.5 Å². The van der Waals surface area contributed by atoms with Gasteiger partial charge in [0.1, 0.15) is 0 Å². The number of nitrogens with zero attached hydrogens (tertiary/aromatic N) is 3. The van der Waals surface area contributed by atoms with Crippen molar-refractivity contribution in [2.24, 2.45) is 0 Å². The molecule has 110 valence electrons. The Morgan fingerprint density at radius 1 is 1.50 bits per heavy atom. The lowest BCUT2D eigenvalue weighted by atomic mass is 10.3. The summed E-state index contributed by atoms with van der Waals surface area (Å²) < 4.78 is 4.88. The molecule has 0 unspecified atom stereocenters. The molecule has 0 fully saturated rings. The molecule has 9 heteroatoms. The smallest absolute Gasteiger partial charge is 0.354 e. The molecule has 0 atom stereocenters. The van der Waals surface area contributed by atoms with Gasteiger partial charge in [-0.05, 0) is 6.07 Å². The minimum Gasteiger partial charge on any atom is -0.477 e. The predicted octanol–water partition coefficient (Wildman–Crippen LogP) is 0.133. The van der Waals surface area contributed by atoms with Crippen molar-refractivity contribution in [2.45, 2.75) is 0 Å². The van der Waals surface area contributed by atoms with Gasteiger partial charge in [-0.2, -0.15) is 0 Å². The summed E-state index contributed by atoms with van der Waals surface area (Å²) in [5, 5.41) is 28.9. The molecule has 1 aromatic rings. The molecule has 0 aliphatic heterocycles. The van der Waals surface area contributed by atoms with Crippen molar-refractivity contribution >= 4 is 17.5 Å².